The van der Waals surface area contributed by atoms with Crippen molar-refractivity contribution in [3.63, 3.8) is 0 Å². The predicted octanol–water partition coefficient (Wildman–Crippen LogP) is 1.94. The van der Waals surface area contributed by atoms with Crippen molar-refractivity contribution in [1.82, 2.24) is 14.9 Å². The number of carbonyl (C=O) groups is 1. The van der Waals surface area contributed by atoms with Crippen molar-refractivity contribution in [3.05, 3.63) is 18.2 Å². The Kier molecular flexibility index (Phi) is 4.66. The monoisotopic (exact) mass is 317 g/mol. The number of carbonyl (C=O) groups excluding carboxylic acids is 1. The van der Waals surface area contributed by atoms with Crippen LogP contribution in [0.4, 0.5) is 10.7 Å². The molecule has 1 aliphatic rings. The van der Waals surface area contributed by atoms with Crippen LogP contribution in [0, 0.1) is 0 Å². The fourth-order valence-electron chi connectivity index (χ4n) is 3.06. The van der Waals surface area contributed by atoms with E-state index in [0.29, 0.717) is 11.3 Å². The molecule has 7 heteroatoms. The van der Waals surface area contributed by atoms with Gasteiger partial charge in [-0.25, -0.2) is 9.78 Å². The van der Waals surface area contributed by atoms with Gasteiger partial charge in [-0.15, -0.1) is 0 Å². The van der Waals surface area contributed by atoms with Gasteiger partial charge in [-0.2, -0.15) is 0 Å². The summed E-state index contributed by atoms with van der Waals surface area (Å²) in [6.45, 7) is 7.42. The number of benzene rings is 1. The molecule has 1 aliphatic heterocycles. The Morgan fingerprint density at radius 1 is 1.35 bits per heavy atom. The third-order valence-corrected chi connectivity index (χ3v) is 4.10. The van der Waals surface area contributed by atoms with Crippen molar-refractivity contribution < 1.29 is 9.53 Å². The average molecular weight is 317 g/mol. The number of hydrogen-bond acceptors (Lipinski definition) is 5. The van der Waals surface area contributed by atoms with Crippen LogP contribution in [0.5, 0.6) is 5.75 Å². The van der Waals surface area contributed by atoms with Gasteiger partial charge in [0.05, 0.1) is 5.52 Å². The maximum atomic E-state index is 11.0. The van der Waals surface area contributed by atoms with Gasteiger partial charge in [0.15, 0.2) is 5.75 Å². The highest BCUT2D eigenvalue weighted by Crippen LogP contribution is 2.26. The summed E-state index contributed by atoms with van der Waals surface area (Å²) < 4.78 is 5.03. The zero-order valence-electron chi connectivity index (χ0n) is 13.4. The number of nitrogens with one attached hydrogen (secondary N) is 1. The summed E-state index contributed by atoms with van der Waals surface area (Å²) in [7, 11) is 0. The number of amides is 1. The van der Waals surface area contributed by atoms with Crippen LogP contribution in [0.3, 0.4) is 0 Å². The number of rotatable bonds is 4. The maximum Gasteiger partial charge on any atom is 0.410 e. The minimum absolute atomic E-state index is 0.389. The van der Waals surface area contributed by atoms with E-state index in [-0.39, 0.29) is 0 Å². The first-order chi connectivity index (χ1) is 11.2. The smallest absolute Gasteiger partial charge is 0.408 e. The highest BCUT2D eigenvalue weighted by atomic mass is 16.5. The van der Waals surface area contributed by atoms with E-state index in [1.165, 1.54) is 6.42 Å². The van der Waals surface area contributed by atoms with E-state index in [0.717, 1.165) is 50.6 Å². The molecule has 124 valence electrons. The fourth-order valence-corrected chi connectivity index (χ4v) is 3.06. The quantitative estimate of drug-likeness (QED) is 0.900. The standard InChI is InChI=1S/C16H23N5O2/c1-2-7-20-8-4-9-21(11-10-20)16-18-12-5-3-6-13(14(12)19-16)23-15(17)22/h3,5-6H,2,4,7-11H2,1H3,(H2,17,22)(H,18,19). The molecule has 1 aromatic heterocycles. The molecule has 1 fully saturated rings. The van der Waals surface area contributed by atoms with Crippen molar-refractivity contribution in [1.29, 1.82) is 0 Å². The molecule has 2 heterocycles. The molecule has 3 N–H and O–H groups in total. The molecular formula is C16H23N5O2. The number of aromatic amines is 1. The Bertz CT molecular complexity index is 684. The first kappa shape index (κ1) is 15.6. The molecule has 0 bridgehead atoms. The number of nitrogens with two attached hydrogens (primary N) is 1. The molecule has 1 aromatic carbocycles. The molecule has 0 saturated carbocycles. The average Bonchev–Trinajstić information content (AvgIpc) is 2.82. The van der Waals surface area contributed by atoms with E-state index in [2.05, 4.69) is 26.7 Å². The number of aromatic nitrogens is 2. The molecule has 0 aliphatic carbocycles. The van der Waals surface area contributed by atoms with E-state index in [9.17, 15) is 4.79 Å². The van der Waals surface area contributed by atoms with Gasteiger partial charge < -0.3 is 25.3 Å². The molecule has 0 spiro atoms. The van der Waals surface area contributed by atoms with Crippen molar-refractivity contribution >= 4 is 23.1 Å². The maximum absolute atomic E-state index is 11.0. The number of primary amides is 1. The molecular weight excluding hydrogens is 294 g/mol. The van der Waals surface area contributed by atoms with Crippen LogP contribution in [-0.4, -0.2) is 53.7 Å². The minimum Gasteiger partial charge on any atom is -0.408 e. The van der Waals surface area contributed by atoms with E-state index < -0.39 is 6.09 Å². The number of nitrogens with zero attached hydrogens (tertiary/aromatic N) is 3. The third-order valence-electron chi connectivity index (χ3n) is 4.10. The van der Waals surface area contributed by atoms with Crippen molar-refractivity contribution in [2.24, 2.45) is 5.73 Å². The molecule has 0 unspecified atom stereocenters. The molecule has 7 nitrogen and oxygen atoms in total. The summed E-state index contributed by atoms with van der Waals surface area (Å²) in [4.78, 5) is 23.7. The van der Waals surface area contributed by atoms with Crippen LogP contribution in [0.25, 0.3) is 11.0 Å². The molecule has 23 heavy (non-hydrogen) atoms. The first-order valence-electron chi connectivity index (χ1n) is 8.10. The van der Waals surface area contributed by atoms with Gasteiger partial charge in [-0.05, 0) is 38.1 Å². The van der Waals surface area contributed by atoms with Crippen LogP contribution in [0.2, 0.25) is 0 Å². The van der Waals surface area contributed by atoms with Crippen molar-refractivity contribution in [3.8, 4) is 5.75 Å². The van der Waals surface area contributed by atoms with Crippen molar-refractivity contribution in [2.75, 3.05) is 37.6 Å². The molecule has 1 saturated heterocycles. The van der Waals surface area contributed by atoms with Crippen LogP contribution >= 0.6 is 0 Å². The summed E-state index contributed by atoms with van der Waals surface area (Å²) in [6.07, 6.45) is 1.46. The molecule has 3 rings (SSSR count). The fraction of sp³-hybridized carbons (Fsp3) is 0.500. The second kappa shape index (κ2) is 6.87. The van der Waals surface area contributed by atoms with Crippen LogP contribution in [0.15, 0.2) is 18.2 Å². The Labute approximate surface area is 135 Å². The number of fused-ring (bicyclic) bond motifs is 1. The SMILES string of the molecule is CCCN1CCCN(c2nc3c(OC(N)=O)cccc3[nH]2)CC1. The van der Waals surface area contributed by atoms with Crippen molar-refractivity contribution in [2.45, 2.75) is 19.8 Å². The third kappa shape index (κ3) is 3.56. The number of H-pyrrole nitrogens is 1. The zero-order chi connectivity index (χ0) is 16.2. The number of para-hydroxylation sites is 1. The summed E-state index contributed by atoms with van der Waals surface area (Å²) >= 11 is 0. The lowest BCUT2D eigenvalue weighted by Crippen LogP contribution is -2.31. The molecule has 2 aromatic rings. The number of imidazole rings is 1. The van der Waals surface area contributed by atoms with E-state index >= 15 is 0 Å². The highest BCUT2D eigenvalue weighted by Gasteiger charge is 2.18. The Balaban J connectivity index is 1.81. The van der Waals surface area contributed by atoms with E-state index in [4.69, 9.17) is 10.5 Å². The van der Waals surface area contributed by atoms with Gasteiger partial charge in [-0.3, -0.25) is 0 Å². The lowest BCUT2D eigenvalue weighted by Gasteiger charge is -2.20. The summed E-state index contributed by atoms with van der Waals surface area (Å²) in [6, 6.07) is 5.43. The largest absolute Gasteiger partial charge is 0.410 e. The van der Waals surface area contributed by atoms with Gasteiger partial charge >= 0.3 is 6.09 Å². The highest BCUT2D eigenvalue weighted by molar-refractivity contribution is 5.86. The topological polar surface area (TPSA) is 87.5 Å². The minimum atomic E-state index is -0.827. The Morgan fingerprint density at radius 3 is 3.00 bits per heavy atom. The zero-order valence-corrected chi connectivity index (χ0v) is 13.4. The number of anilines is 1. The summed E-state index contributed by atoms with van der Waals surface area (Å²) in [5, 5.41) is 0. The predicted molar refractivity (Wildman–Crippen MR) is 89.9 cm³/mol. The van der Waals surface area contributed by atoms with Gasteiger partial charge in [0.2, 0.25) is 5.95 Å². The van der Waals surface area contributed by atoms with Gasteiger partial charge in [-0.1, -0.05) is 13.0 Å². The first-order valence-corrected chi connectivity index (χ1v) is 8.10. The molecule has 1 amide bonds. The van der Waals surface area contributed by atoms with Crippen LogP contribution in [0.1, 0.15) is 19.8 Å². The van der Waals surface area contributed by atoms with Crippen LogP contribution < -0.4 is 15.4 Å². The second-order valence-electron chi connectivity index (χ2n) is 5.82. The Morgan fingerprint density at radius 2 is 2.22 bits per heavy atom. The van der Waals surface area contributed by atoms with Gasteiger partial charge in [0, 0.05) is 19.6 Å². The molecule has 0 radical (unpaired) electrons. The van der Waals surface area contributed by atoms with E-state index in [1.54, 1.807) is 6.07 Å². The second-order valence-corrected chi connectivity index (χ2v) is 5.82. The normalized spacial score (nSPS) is 16.5. The summed E-state index contributed by atoms with van der Waals surface area (Å²) in [5.74, 6) is 1.21. The van der Waals surface area contributed by atoms with E-state index in [1.807, 2.05) is 12.1 Å². The van der Waals surface area contributed by atoms with Gasteiger partial charge in [0.1, 0.15) is 5.52 Å². The number of hydrogen-bond donors (Lipinski definition) is 2. The lowest BCUT2D eigenvalue weighted by molar-refractivity contribution is 0.211. The van der Waals surface area contributed by atoms with Crippen LogP contribution in [-0.2, 0) is 0 Å². The summed E-state index contributed by atoms with van der Waals surface area (Å²) in [5.41, 5.74) is 6.59. The molecule has 0 atom stereocenters. The number of ether oxygens (including phenoxy) is 1. The van der Waals surface area contributed by atoms with Gasteiger partial charge in [0.25, 0.3) is 0 Å². The lowest BCUT2D eigenvalue weighted by atomic mass is 10.3. The Hall–Kier alpha value is -2.28.